The van der Waals surface area contributed by atoms with E-state index in [2.05, 4.69) is 10.3 Å². The third kappa shape index (κ3) is 3.75. The smallest absolute Gasteiger partial charge is 0.252 e. The Morgan fingerprint density at radius 2 is 2.11 bits per heavy atom. The molecule has 2 aromatic rings. The van der Waals surface area contributed by atoms with E-state index < -0.39 is 10.8 Å². The van der Waals surface area contributed by atoms with E-state index in [1.807, 2.05) is 37.3 Å². The maximum atomic E-state index is 11.9. The molecule has 1 atom stereocenters. The van der Waals surface area contributed by atoms with Gasteiger partial charge in [0.15, 0.2) is 0 Å². The highest BCUT2D eigenvalue weighted by molar-refractivity contribution is 7.84. The van der Waals surface area contributed by atoms with Crippen molar-refractivity contribution in [3.8, 4) is 0 Å². The summed E-state index contributed by atoms with van der Waals surface area (Å²) >= 11 is 0. The quantitative estimate of drug-likeness (QED) is 0.785. The number of nitrogens with one attached hydrogen (secondary N) is 2. The summed E-state index contributed by atoms with van der Waals surface area (Å²) in [7, 11) is -0.761. The Labute approximate surface area is 114 Å². The first-order valence-corrected chi connectivity index (χ1v) is 7.86. The second kappa shape index (κ2) is 6.63. The van der Waals surface area contributed by atoms with Crippen LogP contribution in [0, 0.1) is 0 Å². The SMILES string of the molecule is CCS(=O)CCNCc1cc2ccccc2[nH]c1=O. The van der Waals surface area contributed by atoms with Gasteiger partial charge in [0, 0.05) is 46.5 Å². The van der Waals surface area contributed by atoms with E-state index in [0.29, 0.717) is 30.2 Å². The van der Waals surface area contributed by atoms with Gasteiger partial charge in [0.25, 0.3) is 5.56 Å². The van der Waals surface area contributed by atoms with Gasteiger partial charge in [-0.15, -0.1) is 0 Å². The molecule has 0 amide bonds. The highest BCUT2D eigenvalue weighted by Crippen LogP contribution is 2.09. The lowest BCUT2D eigenvalue weighted by Gasteiger charge is -2.05. The zero-order chi connectivity index (χ0) is 13.7. The molecular formula is C14H18N2O2S. The Balaban J connectivity index is 2.02. The van der Waals surface area contributed by atoms with E-state index >= 15 is 0 Å². The van der Waals surface area contributed by atoms with Gasteiger partial charge in [-0.3, -0.25) is 9.00 Å². The third-order valence-corrected chi connectivity index (χ3v) is 4.28. The number of benzene rings is 1. The lowest BCUT2D eigenvalue weighted by Crippen LogP contribution is -2.24. The van der Waals surface area contributed by atoms with Crippen molar-refractivity contribution in [2.45, 2.75) is 13.5 Å². The van der Waals surface area contributed by atoms with Crippen LogP contribution in [0.2, 0.25) is 0 Å². The van der Waals surface area contributed by atoms with Crippen molar-refractivity contribution in [2.24, 2.45) is 0 Å². The van der Waals surface area contributed by atoms with Gasteiger partial charge >= 0.3 is 0 Å². The van der Waals surface area contributed by atoms with E-state index in [1.165, 1.54) is 0 Å². The largest absolute Gasteiger partial charge is 0.322 e. The van der Waals surface area contributed by atoms with Crippen molar-refractivity contribution in [1.82, 2.24) is 10.3 Å². The second-order valence-corrected chi connectivity index (χ2v) is 6.19. The molecule has 0 radical (unpaired) electrons. The molecule has 1 aromatic carbocycles. The number of para-hydroxylation sites is 1. The summed E-state index contributed by atoms with van der Waals surface area (Å²) in [5.74, 6) is 1.31. The topological polar surface area (TPSA) is 62.0 Å². The standard InChI is InChI=1S/C14H18N2O2S/c1-2-19(18)8-7-15-10-12-9-11-5-3-4-6-13(11)16-14(12)17/h3-6,9,15H,2,7-8,10H2,1H3,(H,16,17). The van der Waals surface area contributed by atoms with E-state index in [1.54, 1.807) is 0 Å². The number of aromatic nitrogens is 1. The maximum Gasteiger partial charge on any atom is 0.252 e. The van der Waals surface area contributed by atoms with E-state index in [4.69, 9.17) is 0 Å². The van der Waals surface area contributed by atoms with Gasteiger partial charge in [0.05, 0.1) is 0 Å². The Morgan fingerprint density at radius 3 is 2.89 bits per heavy atom. The first-order valence-electron chi connectivity index (χ1n) is 6.37. The van der Waals surface area contributed by atoms with Crippen LogP contribution in [0.25, 0.3) is 10.9 Å². The van der Waals surface area contributed by atoms with E-state index in [-0.39, 0.29) is 5.56 Å². The molecule has 2 N–H and O–H groups in total. The Kier molecular flexibility index (Phi) is 4.87. The number of H-pyrrole nitrogens is 1. The molecule has 1 heterocycles. The molecular weight excluding hydrogens is 260 g/mol. The third-order valence-electron chi connectivity index (χ3n) is 2.97. The average molecular weight is 278 g/mol. The predicted octanol–water partition coefficient (Wildman–Crippen LogP) is 1.39. The highest BCUT2D eigenvalue weighted by atomic mass is 32.2. The number of pyridine rings is 1. The predicted molar refractivity (Wildman–Crippen MR) is 79.8 cm³/mol. The Morgan fingerprint density at radius 1 is 1.32 bits per heavy atom. The summed E-state index contributed by atoms with van der Waals surface area (Å²) < 4.78 is 11.3. The van der Waals surface area contributed by atoms with Crippen molar-refractivity contribution in [1.29, 1.82) is 0 Å². The molecule has 0 aliphatic rings. The summed E-state index contributed by atoms with van der Waals surface area (Å²) in [6.07, 6.45) is 0. The van der Waals surface area contributed by atoms with Crippen molar-refractivity contribution < 1.29 is 4.21 Å². The average Bonchev–Trinajstić information content (AvgIpc) is 2.43. The molecule has 0 aliphatic heterocycles. The minimum absolute atomic E-state index is 0.0668. The zero-order valence-corrected chi connectivity index (χ0v) is 11.8. The Bertz CT molecular complexity index is 637. The molecule has 19 heavy (non-hydrogen) atoms. The fourth-order valence-electron chi connectivity index (χ4n) is 1.88. The highest BCUT2D eigenvalue weighted by Gasteiger charge is 2.02. The molecule has 4 nitrogen and oxygen atoms in total. The first-order chi connectivity index (χ1) is 9.20. The van der Waals surface area contributed by atoms with Gasteiger partial charge in [0.2, 0.25) is 0 Å². The van der Waals surface area contributed by atoms with E-state index in [9.17, 15) is 9.00 Å². The van der Waals surface area contributed by atoms with Crippen molar-refractivity contribution in [3.63, 3.8) is 0 Å². The number of hydrogen-bond donors (Lipinski definition) is 2. The van der Waals surface area contributed by atoms with Gasteiger partial charge in [-0.2, -0.15) is 0 Å². The van der Waals surface area contributed by atoms with Crippen LogP contribution in [0.4, 0.5) is 0 Å². The van der Waals surface area contributed by atoms with Gasteiger partial charge < -0.3 is 10.3 Å². The lowest BCUT2D eigenvalue weighted by molar-refractivity contribution is 0.673. The van der Waals surface area contributed by atoms with Crippen LogP contribution < -0.4 is 10.9 Å². The van der Waals surface area contributed by atoms with Crippen LogP contribution in [-0.2, 0) is 17.3 Å². The molecule has 1 aromatic heterocycles. The second-order valence-electron chi connectivity index (χ2n) is 4.32. The van der Waals surface area contributed by atoms with Crippen LogP contribution in [0.5, 0.6) is 0 Å². The number of aromatic amines is 1. The lowest BCUT2D eigenvalue weighted by atomic mass is 10.1. The van der Waals surface area contributed by atoms with Crippen molar-refractivity contribution in [3.05, 3.63) is 46.2 Å². The van der Waals surface area contributed by atoms with E-state index in [0.717, 1.165) is 10.9 Å². The van der Waals surface area contributed by atoms with Crippen LogP contribution in [-0.4, -0.2) is 27.2 Å². The van der Waals surface area contributed by atoms with Crippen LogP contribution in [0.1, 0.15) is 12.5 Å². The summed E-state index contributed by atoms with van der Waals surface area (Å²) in [5.41, 5.74) is 1.49. The number of hydrogen-bond acceptors (Lipinski definition) is 3. The van der Waals surface area contributed by atoms with Crippen molar-refractivity contribution >= 4 is 21.7 Å². The molecule has 0 aliphatic carbocycles. The maximum absolute atomic E-state index is 11.9. The minimum atomic E-state index is -0.761. The van der Waals surface area contributed by atoms with Gasteiger partial charge in [-0.1, -0.05) is 25.1 Å². The summed E-state index contributed by atoms with van der Waals surface area (Å²) in [5, 5.41) is 4.18. The summed E-state index contributed by atoms with van der Waals surface area (Å²) in [6, 6.07) is 9.61. The summed E-state index contributed by atoms with van der Waals surface area (Å²) in [4.78, 5) is 14.7. The molecule has 0 fully saturated rings. The molecule has 0 saturated heterocycles. The summed E-state index contributed by atoms with van der Waals surface area (Å²) in [6.45, 7) is 3.07. The van der Waals surface area contributed by atoms with Gasteiger partial charge in [0.1, 0.15) is 0 Å². The number of rotatable bonds is 6. The van der Waals surface area contributed by atoms with Crippen molar-refractivity contribution in [2.75, 3.05) is 18.1 Å². The fourth-order valence-corrected chi connectivity index (χ4v) is 2.54. The molecule has 2 rings (SSSR count). The first kappa shape index (κ1) is 14.0. The van der Waals surface area contributed by atoms with Gasteiger partial charge in [-0.25, -0.2) is 0 Å². The molecule has 0 bridgehead atoms. The Hall–Kier alpha value is -1.46. The molecule has 0 saturated carbocycles. The molecule has 0 spiro atoms. The fraction of sp³-hybridized carbons (Fsp3) is 0.357. The monoisotopic (exact) mass is 278 g/mol. The minimum Gasteiger partial charge on any atom is -0.322 e. The van der Waals surface area contributed by atoms with Crippen LogP contribution >= 0.6 is 0 Å². The number of fused-ring (bicyclic) bond motifs is 1. The molecule has 5 heteroatoms. The van der Waals surface area contributed by atoms with Crippen LogP contribution in [0.3, 0.4) is 0 Å². The zero-order valence-electron chi connectivity index (χ0n) is 10.9. The molecule has 1 unspecified atom stereocenters. The molecule has 102 valence electrons. The van der Waals surface area contributed by atoms with Crippen LogP contribution in [0.15, 0.2) is 35.1 Å². The normalized spacial score (nSPS) is 12.7. The van der Waals surface area contributed by atoms with Gasteiger partial charge in [-0.05, 0) is 17.5 Å².